The number of hydrogen-bond acceptors (Lipinski definition) is 6. The predicted octanol–water partition coefficient (Wildman–Crippen LogP) is 6.36. The van der Waals surface area contributed by atoms with Gasteiger partial charge in [0.05, 0.1) is 24.5 Å². The van der Waals surface area contributed by atoms with Crippen LogP contribution in [0.1, 0.15) is 15.9 Å². The van der Waals surface area contributed by atoms with Crippen LogP contribution in [0, 0.1) is 0 Å². The number of nitrogens with zero attached hydrogens (tertiary/aromatic N) is 1. The Labute approximate surface area is 225 Å². The summed E-state index contributed by atoms with van der Waals surface area (Å²) in [5.41, 5.74) is 3.35. The number of hydrogen-bond donors (Lipinski definition) is 1. The number of benzene rings is 4. The van der Waals surface area contributed by atoms with E-state index in [1.54, 1.807) is 32.4 Å². The second kappa shape index (κ2) is 10.9. The van der Waals surface area contributed by atoms with Gasteiger partial charge in [-0.25, -0.2) is 0 Å². The number of methoxy groups -OCH3 is 2. The second-order valence-corrected chi connectivity index (χ2v) is 10.0. The molecule has 1 aromatic heterocycles. The van der Waals surface area contributed by atoms with Crippen LogP contribution in [0.15, 0.2) is 89.7 Å². The number of likely N-dealkylation sites (N-methyl/N-ethyl adjacent to an activating group) is 1. The molecule has 1 amide bonds. The van der Waals surface area contributed by atoms with E-state index in [0.717, 1.165) is 28.9 Å². The molecule has 0 saturated carbocycles. The summed E-state index contributed by atoms with van der Waals surface area (Å²) in [7, 11) is 5.30. The highest BCUT2D eigenvalue weighted by atomic mass is 32.1. The monoisotopic (exact) mass is 524 g/mol. The standard InChI is InChI=1S/C31H28N2O4S/c1-33(22-15-16-26(36-2)27(19-22)37-3)18-17-20-11-13-21(14-12-20)32-31(35)25-9-6-8-24-29(34)23-7-4-5-10-28(23)38-30(24)25/h4-16,19H,17-18H2,1-3H3,(H,32,35). The number of fused-ring (bicyclic) bond motifs is 2. The summed E-state index contributed by atoms with van der Waals surface area (Å²) < 4.78 is 12.3. The molecule has 0 atom stereocenters. The molecule has 6 nitrogen and oxygen atoms in total. The third kappa shape index (κ3) is 5.06. The maximum absolute atomic E-state index is 13.2. The van der Waals surface area contributed by atoms with Crippen molar-refractivity contribution < 1.29 is 14.3 Å². The average molecular weight is 525 g/mol. The number of carbonyl (C=O) groups is 1. The number of nitrogens with one attached hydrogen (secondary N) is 1. The van der Waals surface area contributed by atoms with E-state index in [1.807, 2.05) is 73.8 Å². The Bertz CT molecular complexity index is 1680. The van der Waals surface area contributed by atoms with Crippen LogP contribution in [-0.4, -0.2) is 33.7 Å². The van der Waals surface area contributed by atoms with Crippen LogP contribution in [0.2, 0.25) is 0 Å². The molecule has 0 bridgehead atoms. The maximum Gasteiger partial charge on any atom is 0.257 e. The van der Waals surface area contributed by atoms with Gasteiger partial charge >= 0.3 is 0 Å². The Morgan fingerprint density at radius 3 is 2.37 bits per heavy atom. The lowest BCUT2D eigenvalue weighted by atomic mass is 10.1. The van der Waals surface area contributed by atoms with Gasteiger partial charge in [-0.1, -0.05) is 30.3 Å². The lowest BCUT2D eigenvalue weighted by molar-refractivity contribution is 0.102. The van der Waals surface area contributed by atoms with Gasteiger partial charge < -0.3 is 19.7 Å². The van der Waals surface area contributed by atoms with Crippen molar-refractivity contribution in [2.75, 3.05) is 38.0 Å². The van der Waals surface area contributed by atoms with E-state index >= 15 is 0 Å². The summed E-state index contributed by atoms with van der Waals surface area (Å²) in [4.78, 5) is 28.3. The predicted molar refractivity (Wildman–Crippen MR) is 157 cm³/mol. The van der Waals surface area contributed by atoms with Crippen LogP contribution in [0.4, 0.5) is 11.4 Å². The molecule has 0 aliphatic rings. The Balaban J connectivity index is 1.28. The highest BCUT2D eigenvalue weighted by Crippen LogP contribution is 2.31. The molecule has 0 aliphatic carbocycles. The minimum Gasteiger partial charge on any atom is -0.493 e. The molecule has 5 rings (SSSR count). The molecule has 0 unspecified atom stereocenters. The van der Waals surface area contributed by atoms with Gasteiger partial charge in [-0.15, -0.1) is 11.3 Å². The van der Waals surface area contributed by atoms with Crippen LogP contribution >= 0.6 is 11.3 Å². The first-order valence-corrected chi connectivity index (χ1v) is 13.1. The molecule has 7 heteroatoms. The van der Waals surface area contributed by atoms with Crippen molar-refractivity contribution >= 4 is 48.8 Å². The minimum atomic E-state index is -0.234. The molecular weight excluding hydrogens is 496 g/mol. The fourth-order valence-corrected chi connectivity index (χ4v) is 5.62. The number of carbonyl (C=O) groups excluding carboxylic acids is 1. The molecule has 1 N–H and O–H groups in total. The van der Waals surface area contributed by atoms with Crippen LogP contribution in [-0.2, 0) is 6.42 Å². The van der Waals surface area contributed by atoms with Crippen LogP contribution in [0.5, 0.6) is 11.5 Å². The highest BCUT2D eigenvalue weighted by molar-refractivity contribution is 7.24. The number of amides is 1. The van der Waals surface area contributed by atoms with Crippen molar-refractivity contribution in [3.63, 3.8) is 0 Å². The van der Waals surface area contributed by atoms with Gasteiger partial charge in [0.2, 0.25) is 0 Å². The Morgan fingerprint density at radius 2 is 1.61 bits per heavy atom. The van der Waals surface area contributed by atoms with Crippen molar-refractivity contribution in [3.05, 3.63) is 106 Å². The van der Waals surface area contributed by atoms with Crippen molar-refractivity contribution in [1.29, 1.82) is 0 Å². The minimum absolute atomic E-state index is 0.0496. The van der Waals surface area contributed by atoms with Gasteiger partial charge in [0.1, 0.15) is 0 Å². The Morgan fingerprint density at radius 1 is 0.868 bits per heavy atom. The molecular formula is C31H28N2O4S. The lowest BCUT2D eigenvalue weighted by Gasteiger charge is -2.21. The summed E-state index contributed by atoms with van der Waals surface area (Å²) in [6.45, 7) is 0.810. The number of rotatable bonds is 8. The second-order valence-electron chi connectivity index (χ2n) is 8.97. The molecule has 0 fully saturated rings. The maximum atomic E-state index is 13.2. The first-order chi connectivity index (χ1) is 18.5. The van der Waals surface area contributed by atoms with Crippen molar-refractivity contribution in [1.82, 2.24) is 0 Å². The third-order valence-corrected chi connectivity index (χ3v) is 7.82. The Kier molecular flexibility index (Phi) is 7.29. The zero-order chi connectivity index (χ0) is 26.6. The molecule has 0 aliphatic heterocycles. The molecule has 0 radical (unpaired) electrons. The first-order valence-electron chi connectivity index (χ1n) is 12.3. The summed E-state index contributed by atoms with van der Waals surface area (Å²) in [6, 6.07) is 26.5. The van der Waals surface area contributed by atoms with Crippen LogP contribution in [0.25, 0.3) is 20.2 Å². The largest absolute Gasteiger partial charge is 0.493 e. The Hall–Kier alpha value is -4.36. The fraction of sp³-hybridized carbons (Fsp3) is 0.161. The van der Waals surface area contributed by atoms with E-state index in [4.69, 9.17) is 9.47 Å². The molecule has 0 saturated heterocycles. The van der Waals surface area contributed by atoms with Gasteiger partial charge in [0, 0.05) is 46.5 Å². The summed E-state index contributed by atoms with van der Waals surface area (Å²) in [5.74, 6) is 1.17. The molecule has 1 heterocycles. The van der Waals surface area contributed by atoms with E-state index in [1.165, 1.54) is 11.3 Å². The van der Waals surface area contributed by atoms with Crippen LogP contribution < -0.4 is 25.1 Å². The van der Waals surface area contributed by atoms with Crippen molar-refractivity contribution in [2.45, 2.75) is 6.42 Å². The van der Waals surface area contributed by atoms with E-state index in [-0.39, 0.29) is 11.3 Å². The molecule has 5 aromatic rings. The summed E-state index contributed by atoms with van der Waals surface area (Å²) in [5, 5.41) is 4.23. The summed E-state index contributed by atoms with van der Waals surface area (Å²) >= 11 is 1.46. The van der Waals surface area contributed by atoms with Gasteiger partial charge in [-0.3, -0.25) is 9.59 Å². The van der Waals surface area contributed by atoms with E-state index in [9.17, 15) is 9.59 Å². The smallest absolute Gasteiger partial charge is 0.257 e. The van der Waals surface area contributed by atoms with Gasteiger partial charge in [-0.05, 0) is 60.5 Å². The van der Waals surface area contributed by atoms with Crippen molar-refractivity contribution in [3.8, 4) is 11.5 Å². The first kappa shape index (κ1) is 25.3. The van der Waals surface area contributed by atoms with Gasteiger partial charge in [0.15, 0.2) is 16.9 Å². The van der Waals surface area contributed by atoms with E-state index in [2.05, 4.69) is 10.2 Å². The van der Waals surface area contributed by atoms with E-state index < -0.39 is 0 Å². The highest BCUT2D eigenvalue weighted by Gasteiger charge is 2.15. The molecule has 38 heavy (non-hydrogen) atoms. The summed E-state index contributed by atoms with van der Waals surface area (Å²) in [6.07, 6.45) is 0.837. The average Bonchev–Trinajstić information content (AvgIpc) is 2.96. The number of ether oxygens (including phenoxy) is 2. The van der Waals surface area contributed by atoms with Crippen LogP contribution in [0.3, 0.4) is 0 Å². The molecule has 192 valence electrons. The molecule has 4 aromatic carbocycles. The van der Waals surface area contributed by atoms with Gasteiger partial charge in [-0.2, -0.15) is 0 Å². The zero-order valence-corrected chi connectivity index (χ0v) is 22.3. The lowest BCUT2D eigenvalue weighted by Crippen LogP contribution is -2.20. The SMILES string of the molecule is COc1ccc(N(C)CCc2ccc(NC(=O)c3cccc4c(=O)c5ccccc5sc34)cc2)cc1OC. The van der Waals surface area contributed by atoms with Crippen molar-refractivity contribution in [2.24, 2.45) is 0 Å². The van der Waals surface area contributed by atoms with E-state index in [0.29, 0.717) is 38.2 Å². The zero-order valence-electron chi connectivity index (χ0n) is 21.5. The molecule has 0 spiro atoms. The number of anilines is 2. The third-order valence-electron chi connectivity index (χ3n) is 6.60. The van der Waals surface area contributed by atoms with Gasteiger partial charge in [0.25, 0.3) is 5.91 Å². The quantitative estimate of drug-likeness (QED) is 0.239. The fourth-order valence-electron chi connectivity index (χ4n) is 4.44. The normalized spacial score (nSPS) is 10.9. The topological polar surface area (TPSA) is 67.9 Å².